The molecule has 1 aromatic carbocycles. The van der Waals surface area contributed by atoms with Gasteiger partial charge in [0.1, 0.15) is 5.75 Å². The zero-order valence-corrected chi connectivity index (χ0v) is 8.45. The molecule has 0 bridgehead atoms. The summed E-state index contributed by atoms with van der Waals surface area (Å²) in [5.41, 5.74) is 0.605. The molecule has 1 unspecified atom stereocenters. The lowest BCUT2D eigenvalue weighted by molar-refractivity contribution is -0.119. The lowest BCUT2D eigenvalue weighted by Crippen LogP contribution is -2.19. The van der Waals surface area contributed by atoms with Crippen LogP contribution in [0.3, 0.4) is 0 Å². The first-order valence-electron chi connectivity index (χ1n) is 5.00. The molecule has 1 saturated heterocycles. The van der Waals surface area contributed by atoms with Crippen molar-refractivity contribution in [2.24, 2.45) is 0 Å². The molecule has 1 fully saturated rings. The Balaban J connectivity index is 2.22. The molecule has 1 aliphatic rings. The Kier molecular flexibility index (Phi) is 3.03. The summed E-state index contributed by atoms with van der Waals surface area (Å²) in [6.45, 7) is -2.85. The van der Waals surface area contributed by atoms with Gasteiger partial charge in [0.25, 0.3) is 0 Å². The summed E-state index contributed by atoms with van der Waals surface area (Å²) in [4.78, 5) is 11.1. The summed E-state index contributed by atoms with van der Waals surface area (Å²) in [5.74, 6) is 0.0709. The average molecular weight is 227 g/mol. The van der Waals surface area contributed by atoms with E-state index >= 15 is 0 Å². The number of halogens is 2. The number of hydrogen-bond donors (Lipinski definition) is 1. The van der Waals surface area contributed by atoms with Gasteiger partial charge in [0.05, 0.1) is 6.04 Å². The minimum atomic E-state index is -2.85. The Morgan fingerprint density at radius 3 is 2.75 bits per heavy atom. The summed E-state index contributed by atoms with van der Waals surface area (Å²) in [5, 5.41) is 2.72. The smallest absolute Gasteiger partial charge is 0.387 e. The van der Waals surface area contributed by atoms with Crippen molar-refractivity contribution < 1.29 is 18.3 Å². The number of carbonyl (C=O) groups excluding carboxylic acids is 1. The van der Waals surface area contributed by atoms with Crippen LogP contribution in [0, 0.1) is 0 Å². The van der Waals surface area contributed by atoms with E-state index in [2.05, 4.69) is 10.1 Å². The van der Waals surface area contributed by atoms with Crippen LogP contribution in [0.1, 0.15) is 24.4 Å². The molecule has 1 N–H and O–H groups in total. The summed E-state index contributed by atoms with van der Waals surface area (Å²) < 4.78 is 28.7. The zero-order chi connectivity index (χ0) is 11.5. The molecule has 1 aromatic rings. The summed E-state index contributed by atoms with van der Waals surface area (Å²) >= 11 is 0. The molecule has 1 amide bonds. The van der Waals surface area contributed by atoms with Gasteiger partial charge in [0.15, 0.2) is 0 Å². The largest absolute Gasteiger partial charge is 0.434 e. The number of rotatable bonds is 3. The number of amides is 1. The van der Waals surface area contributed by atoms with E-state index < -0.39 is 6.61 Å². The van der Waals surface area contributed by atoms with Crippen molar-refractivity contribution in [2.75, 3.05) is 0 Å². The molecule has 2 rings (SSSR count). The van der Waals surface area contributed by atoms with Crippen LogP contribution in [0.5, 0.6) is 5.75 Å². The molecule has 0 saturated carbocycles. The maximum atomic E-state index is 12.2. The zero-order valence-electron chi connectivity index (χ0n) is 8.45. The quantitative estimate of drug-likeness (QED) is 0.859. The van der Waals surface area contributed by atoms with E-state index in [1.54, 1.807) is 18.2 Å². The minimum Gasteiger partial charge on any atom is -0.434 e. The van der Waals surface area contributed by atoms with E-state index in [4.69, 9.17) is 0 Å². The molecule has 16 heavy (non-hydrogen) atoms. The van der Waals surface area contributed by atoms with E-state index in [0.717, 1.165) is 0 Å². The standard InChI is InChI=1S/C11H11F2NO2/c12-11(13)16-9-4-2-1-3-7(9)8-5-6-10(15)14-8/h1-4,8,11H,5-6H2,(H,14,15). The highest BCUT2D eigenvalue weighted by Gasteiger charge is 2.25. The molecule has 0 radical (unpaired) electrons. The maximum Gasteiger partial charge on any atom is 0.387 e. The lowest BCUT2D eigenvalue weighted by Gasteiger charge is -2.15. The van der Waals surface area contributed by atoms with Gasteiger partial charge in [-0.15, -0.1) is 0 Å². The monoisotopic (exact) mass is 227 g/mol. The van der Waals surface area contributed by atoms with Crippen LogP contribution in [0.15, 0.2) is 24.3 Å². The normalized spacial score (nSPS) is 19.9. The van der Waals surface area contributed by atoms with Gasteiger partial charge >= 0.3 is 6.61 Å². The Hall–Kier alpha value is -1.65. The van der Waals surface area contributed by atoms with Crippen molar-refractivity contribution in [3.63, 3.8) is 0 Å². The van der Waals surface area contributed by atoms with Crippen molar-refractivity contribution in [3.8, 4) is 5.75 Å². The number of hydrogen-bond acceptors (Lipinski definition) is 2. The van der Waals surface area contributed by atoms with Crippen LogP contribution in [0.2, 0.25) is 0 Å². The van der Waals surface area contributed by atoms with Gasteiger partial charge in [-0.25, -0.2) is 0 Å². The number of carbonyl (C=O) groups is 1. The average Bonchev–Trinajstić information content (AvgIpc) is 2.65. The third kappa shape index (κ3) is 2.29. The van der Waals surface area contributed by atoms with Crippen molar-refractivity contribution in [3.05, 3.63) is 29.8 Å². The van der Waals surface area contributed by atoms with Crippen molar-refractivity contribution in [1.29, 1.82) is 0 Å². The van der Waals surface area contributed by atoms with Crippen LogP contribution < -0.4 is 10.1 Å². The first-order chi connectivity index (χ1) is 7.66. The predicted molar refractivity (Wildman–Crippen MR) is 53.2 cm³/mol. The number of nitrogens with one attached hydrogen (secondary N) is 1. The van der Waals surface area contributed by atoms with Gasteiger partial charge in [-0.3, -0.25) is 4.79 Å². The van der Waals surface area contributed by atoms with Crippen molar-refractivity contribution in [2.45, 2.75) is 25.5 Å². The second-order valence-corrected chi connectivity index (χ2v) is 3.58. The molecule has 86 valence electrons. The van der Waals surface area contributed by atoms with E-state index in [9.17, 15) is 13.6 Å². The highest BCUT2D eigenvalue weighted by atomic mass is 19.3. The van der Waals surface area contributed by atoms with E-state index in [0.29, 0.717) is 18.4 Å². The van der Waals surface area contributed by atoms with Crippen molar-refractivity contribution in [1.82, 2.24) is 5.32 Å². The fourth-order valence-corrected chi connectivity index (χ4v) is 1.82. The van der Waals surface area contributed by atoms with Gasteiger partial charge in [-0.1, -0.05) is 18.2 Å². The highest BCUT2D eigenvalue weighted by Crippen LogP contribution is 2.31. The lowest BCUT2D eigenvalue weighted by atomic mass is 10.0. The predicted octanol–water partition coefficient (Wildman–Crippen LogP) is 2.24. The SMILES string of the molecule is O=C1CCC(c2ccccc2OC(F)F)N1. The van der Waals surface area contributed by atoms with E-state index in [1.807, 2.05) is 0 Å². The van der Waals surface area contributed by atoms with E-state index in [1.165, 1.54) is 6.07 Å². The second kappa shape index (κ2) is 4.47. The summed E-state index contributed by atoms with van der Waals surface area (Å²) in [6, 6.07) is 6.30. The Morgan fingerprint density at radius 1 is 1.38 bits per heavy atom. The Morgan fingerprint density at radius 2 is 2.12 bits per heavy atom. The number of alkyl halides is 2. The van der Waals surface area contributed by atoms with E-state index in [-0.39, 0.29) is 17.7 Å². The molecule has 0 aromatic heterocycles. The molecular weight excluding hydrogens is 216 g/mol. The molecule has 0 aliphatic carbocycles. The number of ether oxygens (including phenoxy) is 1. The second-order valence-electron chi connectivity index (χ2n) is 3.58. The molecular formula is C11H11F2NO2. The van der Waals surface area contributed by atoms with Gasteiger partial charge in [-0.2, -0.15) is 8.78 Å². The van der Waals surface area contributed by atoms with Crippen molar-refractivity contribution >= 4 is 5.91 Å². The third-order valence-corrected chi connectivity index (χ3v) is 2.51. The van der Waals surface area contributed by atoms with Gasteiger partial charge < -0.3 is 10.1 Å². The molecule has 1 heterocycles. The maximum absolute atomic E-state index is 12.2. The Bertz CT molecular complexity index is 395. The molecule has 1 atom stereocenters. The minimum absolute atomic E-state index is 0.0585. The topological polar surface area (TPSA) is 38.3 Å². The first-order valence-corrected chi connectivity index (χ1v) is 5.00. The van der Waals surface area contributed by atoms with Crippen LogP contribution >= 0.6 is 0 Å². The summed E-state index contributed by atoms with van der Waals surface area (Å²) in [7, 11) is 0. The molecule has 0 spiro atoms. The highest BCUT2D eigenvalue weighted by molar-refractivity contribution is 5.78. The molecule has 1 aliphatic heterocycles. The number of para-hydroxylation sites is 1. The van der Waals surface area contributed by atoms with Gasteiger partial charge in [0.2, 0.25) is 5.91 Å². The van der Waals surface area contributed by atoms with Gasteiger partial charge in [0, 0.05) is 12.0 Å². The van der Waals surface area contributed by atoms with Crippen LogP contribution in [0.4, 0.5) is 8.78 Å². The fourth-order valence-electron chi connectivity index (χ4n) is 1.82. The first kappa shape index (κ1) is 10.9. The molecule has 5 heteroatoms. The molecule has 3 nitrogen and oxygen atoms in total. The summed E-state index contributed by atoms with van der Waals surface area (Å²) in [6.07, 6.45) is 1.04. The van der Waals surface area contributed by atoms with Crippen LogP contribution in [0.25, 0.3) is 0 Å². The number of benzene rings is 1. The fraction of sp³-hybridized carbons (Fsp3) is 0.364. The van der Waals surface area contributed by atoms with Crippen LogP contribution in [-0.4, -0.2) is 12.5 Å². The van der Waals surface area contributed by atoms with Gasteiger partial charge in [-0.05, 0) is 12.5 Å². The van der Waals surface area contributed by atoms with Crippen LogP contribution in [-0.2, 0) is 4.79 Å². The Labute approximate surface area is 91.4 Å². The third-order valence-electron chi connectivity index (χ3n) is 2.51.